The van der Waals surface area contributed by atoms with Gasteiger partial charge < -0.3 is 4.98 Å². The summed E-state index contributed by atoms with van der Waals surface area (Å²) in [5.41, 5.74) is 1.95. The van der Waals surface area contributed by atoms with Crippen LogP contribution in [0.3, 0.4) is 0 Å². The van der Waals surface area contributed by atoms with Gasteiger partial charge in [0.05, 0.1) is 23.6 Å². The lowest BCUT2D eigenvalue weighted by molar-refractivity contribution is 1.33. The fourth-order valence-corrected chi connectivity index (χ4v) is 0.782. The van der Waals surface area contributed by atoms with Gasteiger partial charge >= 0.3 is 0 Å². The Bertz CT molecular complexity index is 287. The van der Waals surface area contributed by atoms with Crippen molar-refractivity contribution in [3.8, 4) is 0 Å². The molecule has 0 aliphatic heterocycles. The number of rotatable bonds is 0. The van der Waals surface area contributed by atoms with E-state index in [0.29, 0.717) is 0 Å². The average Bonchev–Trinajstić information content (AvgIpc) is 2.33. The molecule has 2 aromatic heterocycles. The normalized spacial score (nSPS) is 10.2. The maximum atomic E-state index is 4.02. The zero-order chi connectivity index (χ0) is 6.10. The highest BCUT2D eigenvalue weighted by molar-refractivity contribution is 5.72. The molecule has 0 bridgehead atoms. The van der Waals surface area contributed by atoms with E-state index in [1.54, 1.807) is 18.7 Å². The molecule has 2 rings (SSSR count). The Hall–Kier alpha value is -1.38. The molecule has 0 unspecified atom stereocenters. The number of aromatic nitrogens is 3. The van der Waals surface area contributed by atoms with Gasteiger partial charge in [-0.2, -0.15) is 0 Å². The first-order valence-corrected chi connectivity index (χ1v) is 2.70. The highest BCUT2D eigenvalue weighted by atomic mass is 14.9. The molecule has 1 N–H and O–H groups in total. The van der Waals surface area contributed by atoms with Crippen molar-refractivity contribution in [1.82, 2.24) is 15.0 Å². The van der Waals surface area contributed by atoms with Crippen molar-refractivity contribution in [3.63, 3.8) is 0 Å². The van der Waals surface area contributed by atoms with Crippen molar-refractivity contribution >= 4 is 11.0 Å². The minimum atomic E-state index is 0. The summed E-state index contributed by atoms with van der Waals surface area (Å²) < 4.78 is 0. The number of hydrogen-bond donors (Lipinski definition) is 1. The van der Waals surface area contributed by atoms with E-state index >= 15 is 0 Å². The van der Waals surface area contributed by atoms with Crippen molar-refractivity contribution in [1.29, 1.82) is 0 Å². The first-order valence-electron chi connectivity index (χ1n) is 2.70. The summed E-state index contributed by atoms with van der Waals surface area (Å²) in [6, 6.07) is 1.87. The predicted octanol–water partition coefficient (Wildman–Crippen LogP) is 1.20. The monoisotopic (exact) mass is 121 g/mol. The molecule has 0 amide bonds. The van der Waals surface area contributed by atoms with Gasteiger partial charge in [0, 0.05) is 7.62 Å². The van der Waals surface area contributed by atoms with Gasteiger partial charge in [-0.15, -0.1) is 0 Å². The maximum Gasteiger partial charge on any atom is 0.0932 e. The lowest BCUT2D eigenvalue weighted by Crippen LogP contribution is -1.69. The summed E-state index contributed by atoms with van der Waals surface area (Å²) in [5.74, 6) is 0. The molecular formula is C6H7N3. The molecule has 0 fully saturated rings. The predicted molar refractivity (Wildman–Crippen MR) is 36.0 cm³/mol. The molecule has 2 aromatic rings. The Morgan fingerprint density at radius 3 is 3.44 bits per heavy atom. The number of nitrogens with zero attached hydrogens (tertiary/aromatic N) is 2. The quantitative estimate of drug-likeness (QED) is 0.569. The Morgan fingerprint density at radius 2 is 2.56 bits per heavy atom. The number of fused-ring (bicyclic) bond motifs is 1. The summed E-state index contributed by atoms with van der Waals surface area (Å²) in [7, 11) is 0. The standard InChI is InChI=1S/C6H5N3.H2/c1-2-7-3-6-5(1)8-4-9-6;/h1-4H,(H,8,9);1H. The molecule has 0 atom stereocenters. The summed E-state index contributed by atoms with van der Waals surface area (Å²) in [4.78, 5) is 10.9. The highest BCUT2D eigenvalue weighted by Crippen LogP contribution is 2.03. The van der Waals surface area contributed by atoms with E-state index in [1.807, 2.05) is 6.07 Å². The van der Waals surface area contributed by atoms with Gasteiger partial charge in [-0.1, -0.05) is 0 Å². The van der Waals surface area contributed by atoms with Crippen LogP contribution in [0, 0.1) is 0 Å². The molecule has 0 aliphatic rings. The smallest absolute Gasteiger partial charge is 0.0932 e. The lowest BCUT2D eigenvalue weighted by Gasteiger charge is -1.80. The number of imidazole rings is 1. The Balaban J connectivity index is 0.000000500. The molecule has 0 saturated heterocycles. The van der Waals surface area contributed by atoms with Crippen molar-refractivity contribution in [2.24, 2.45) is 0 Å². The van der Waals surface area contributed by atoms with E-state index in [1.165, 1.54) is 0 Å². The van der Waals surface area contributed by atoms with Crippen LogP contribution in [0.15, 0.2) is 24.8 Å². The second kappa shape index (κ2) is 1.55. The van der Waals surface area contributed by atoms with Gasteiger partial charge in [-0.3, -0.25) is 4.98 Å². The number of hydrogen-bond acceptors (Lipinski definition) is 2. The minimum Gasteiger partial charge on any atom is -0.343 e. The van der Waals surface area contributed by atoms with Crippen molar-refractivity contribution in [2.45, 2.75) is 0 Å². The van der Waals surface area contributed by atoms with Crippen molar-refractivity contribution < 1.29 is 1.43 Å². The average molecular weight is 121 g/mol. The minimum absolute atomic E-state index is 0. The largest absolute Gasteiger partial charge is 0.343 e. The zero-order valence-corrected chi connectivity index (χ0v) is 4.70. The second-order valence-electron chi connectivity index (χ2n) is 1.80. The van der Waals surface area contributed by atoms with Gasteiger partial charge in [0.2, 0.25) is 0 Å². The van der Waals surface area contributed by atoms with E-state index in [2.05, 4.69) is 15.0 Å². The van der Waals surface area contributed by atoms with E-state index in [0.717, 1.165) is 11.0 Å². The van der Waals surface area contributed by atoms with E-state index in [-0.39, 0.29) is 1.43 Å². The Kier molecular flexibility index (Phi) is 0.773. The highest BCUT2D eigenvalue weighted by Gasteiger charge is 1.89. The topological polar surface area (TPSA) is 41.6 Å². The van der Waals surface area contributed by atoms with Crippen LogP contribution in [-0.4, -0.2) is 15.0 Å². The summed E-state index contributed by atoms with van der Waals surface area (Å²) in [6.07, 6.45) is 5.14. The van der Waals surface area contributed by atoms with Crippen LogP contribution in [0.2, 0.25) is 0 Å². The van der Waals surface area contributed by atoms with Crippen LogP contribution < -0.4 is 0 Å². The number of aromatic amines is 1. The van der Waals surface area contributed by atoms with Crippen molar-refractivity contribution in [3.05, 3.63) is 24.8 Å². The molecule has 0 aliphatic carbocycles. The first-order chi connectivity index (χ1) is 4.47. The van der Waals surface area contributed by atoms with E-state index < -0.39 is 0 Å². The molecule has 46 valence electrons. The van der Waals surface area contributed by atoms with Crippen LogP contribution >= 0.6 is 0 Å². The Labute approximate surface area is 53.2 Å². The second-order valence-corrected chi connectivity index (χ2v) is 1.80. The molecule has 0 spiro atoms. The van der Waals surface area contributed by atoms with Crippen molar-refractivity contribution in [2.75, 3.05) is 0 Å². The third kappa shape index (κ3) is 0.579. The molecule has 0 saturated carbocycles. The summed E-state index contributed by atoms with van der Waals surface area (Å²) >= 11 is 0. The molecule has 3 heteroatoms. The molecule has 0 radical (unpaired) electrons. The third-order valence-corrected chi connectivity index (χ3v) is 1.22. The van der Waals surface area contributed by atoms with Gasteiger partial charge in [-0.25, -0.2) is 4.98 Å². The number of pyridine rings is 1. The van der Waals surface area contributed by atoms with Gasteiger partial charge in [0.15, 0.2) is 0 Å². The van der Waals surface area contributed by atoms with Gasteiger partial charge in [-0.05, 0) is 6.07 Å². The van der Waals surface area contributed by atoms with Crippen LogP contribution in [0.1, 0.15) is 1.43 Å². The maximum absolute atomic E-state index is 4.02. The summed E-state index contributed by atoms with van der Waals surface area (Å²) in [5, 5.41) is 0. The number of H-pyrrole nitrogens is 1. The fraction of sp³-hybridized carbons (Fsp3) is 0. The number of nitrogens with one attached hydrogen (secondary N) is 1. The first kappa shape index (κ1) is 4.49. The molecule has 9 heavy (non-hydrogen) atoms. The zero-order valence-electron chi connectivity index (χ0n) is 4.70. The molecule has 2 heterocycles. The summed E-state index contributed by atoms with van der Waals surface area (Å²) in [6.45, 7) is 0. The van der Waals surface area contributed by atoms with E-state index in [9.17, 15) is 0 Å². The third-order valence-electron chi connectivity index (χ3n) is 1.22. The van der Waals surface area contributed by atoms with E-state index in [4.69, 9.17) is 0 Å². The van der Waals surface area contributed by atoms with Crippen LogP contribution in [-0.2, 0) is 0 Å². The molecular weight excluding hydrogens is 114 g/mol. The SMILES string of the molecule is [HH].c1cc2nc[nH]c2cn1. The van der Waals surface area contributed by atoms with Gasteiger partial charge in [0.1, 0.15) is 0 Å². The lowest BCUT2D eigenvalue weighted by atomic mass is 10.4. The Morgan fingerprint density at radius 1 is 1.56 bits per heavy atom. The molecule has 3 nitrogen and oxygen atoms in total. The fourth-order valence-electron chi connectivity index (χ4n) is 0.782. The van der Waals surface area contributed by atoms with Crippen LogP contribution in [0.25, 0.3) is 11.0 Å². The van der Waals surface area contributed by atoms with Crippen LogP contribution in [0.4, 0.5) is 0 Å². The molecule has 0 aromatic carbocycles. The van der Waals surface area contributed by atoms with Gasteiger partial charge in [0.25, 0.3) is 0 Å². The van der Waals surface area contributed by atoms with Crippen LogP contribution in [0.5, 0.6) is 0 Å².